The first-order valence-electron chi connectivity index (χ1n) is 10.7. The maximum Gasteiger partial charge on any atom is 0.222 e. The second kappa shape index (κ2) is 11.4. The van der Waals surface area contributed by atoms with Crippen LogP contribution in [0.15, 0.2) is 4.99 Å². The Kier molecular flexibility index (Phi) is 9.23. The van der Waals surface area contributed by atoms with Gasteiger partial charge in [0.15, 0.2) is 5.96 Å². The number of likely N-dealkylation sites (tertiary alicyclic amines) is 2. The zero-order valence-corrected chi connectivity index (χ0v) is 17.1. The van der Waals surface area contributed by atoms with Crippen LogP contribution < -0.4 is 10.6 Å². The van der Waals surface area contributed by atoms with Gasteiger partial charge in [-0.1, -0.05) is 26.7 Å². The molecule has 0 spiro atoms. The number of unbranched alkanes of at least 4 members (excludes halogenated alkanes) is 1. The highest BCUT2D eigenvalue weighted by atomic mass is 16.2. The third-order valence-electron chi connectivity index (χ3n) is 5.54. The minimum Gasteiger partial charge on any atom is -0.357 e. The number of rotatable bonds is 8. The zero-order chi connectivity index (χ0) is 18.8. The van der Waals surface area contributed by atoms with Crippen molar-refractivity contribution in [3.63, 3.8) is 0 Å². The molecule has 2 rings (SSSR count). The van der Waals surface area contributed by atoms with E-state index in [2.05, 4.69) is 29.4 Å². The fourth-order valence-electron chi connectivity index (χ4n) is 3.96. The van der Waals surface area contributed by atoms with Crippen molar-refractivity contribution in [1.29, 1.82) is 0 Å². The molecule has 2 saturated heterocycles. The van der Waals surface area contributed by atoms with Crippen molar-refractivity contribution in [2.75, 3.05) is 39.3 Å². The van der Waals surface area contributed by atoms with Crippen molar-refractivity contribution in [2.24, 2.45) is 4.99 Å². The van der Waals surface area contributed by atoms with Crippen LogP contribution in [0.2, 0.25) is 0 Å². The van der Waals surface area contributed by atoms with Crippen molar-refractivity contribution in [3.05, 3.63) is 0 Å². The lowest BCUT2D eigenvalue weighted by molar-refractivity contribution is -0.129. The molecule has 2 N–H and O–H groups in total. The van der Waals surface area contributed by atoms with Crippen LogP contribution in [-0.2, 0) is 4.79 Å². The minimum atomic E-state index is 0.255. The molecular formula is C20H39N5O. The fraction of sp³-hybridized carbons (Fsp3) is 0.900. The molecule has 150 valence electrons. The Hall–Kier alpha value is -1.30. The van der Waals surface area contributed by atoms with E-state index in [0.29, 0.717) is 18.5 Å². The van der Waals surface area contributed by atoms with Gasteiger partial charge < -0.3 is 15.5 Å². The van der Waals surface area contributed by atoms with E-state index in [0.717, 1.165) is 38.6 Å². The molecule has 0 aromatic carbocycles. The quantitative estimate of drug-likeness (QED) is 0.511. The zero-order valence-electron chi connectivity index (χ0n) is 17.1. The standard InChI is InChI=1S/C20H39N5O/c1-4-7-12-24-13-9-8-10-18(24)15-22-20(21-6-3)23-17-11-14-25(16-17)19(26)5-2/h17-18H,4-16H2,1-3H3,(H2,21,22,23). The number of carbonyl (C=O) groups excluding carboxylic acids is 1. The number of nitrogens with one attached hydrogen (secondary N) is 2. The third-order valence-corrected chi connectivity index (χ3v) is 5.54. The van der Waals surface area contributed by atoms with Crippen LogP contribution in [0.3, 0.4) is 0 Å². The van der Waals surface area contributed by atoms with Crippen molar-refractivity contribution in [3.8, 4) is 0 Å². The van der Waals surface area contributed by atoms with Gasteiger partial charge in [-0.15, -0.1) is 0 Å². The van der Waals surface area contributed by atoms with Gasteiger partial charge in [-0.3, -0.25) is 14.7 Å². The van der Waals surface area contributed by atoms with Gasteiger partial charge in [0.05, 0.1) is 6.54 Å². The first-order valence-corrected chi connectivity index (χ1v) is 10.7. The van der Waals surface area contributed by atoms with Gasteiger partial charge in [0.2, 0.25) is 5.91 Å². The maximum absolute atomic E-state index is 11.9. The lowest BCUT2D eigenvalue weighted by Gasteiger charge is -2.35. The summed E-state index contributed by atoms with van der Waals surface area (Å²) in [6, 6.07) is 0.887. The summed E-state index contributed by atoms with van der Waals surface area (Å²) in [5.74, 6) is 1.16. The summed E-state index contributed by atoms with van der Waals surface area (Å²) in [5.41, 5.74) is 0. The summed E-state index contributed by atoms with van der Waals surface area (Å²) in [5, 5.41) is 6.93. The molecule has 0 radical (unpaired) electrons. The van der Waals surface area contributed by atoms with Crippen LogP contribution in [0.5, 0.6) is 0 Å². The number of carbonyl (C=O) groups is 1. The van der Waals surface area contributed by atoms with E-state index in [1.165, 1.54) is 45.2 Å². The summed E-state index contributed by atoms with van der Waals surface area (Å²) in [6.45, 7) is 12.1. The Morgan fingerprint density at radius 1 is 1.15 bits per heavy atom. The molecule has 6 nitrogen and oxygen atoms in total. The van der Waals surface area contributed by atoms with E-state index in [9.17, 15) is 4.79 Å². The summed E-state index contributed by atoms with van der Waals surface area (Å²) in [7, 11) is 0. The number of guanidine groups is 1. The third kappa shape index (κ3) is 6.45. The maximum atomic E-state index is 11.9. The van der Waals surface area contributed by atoms with E-state index >= 15 is 0 Å². The molecule has 0 aromatic rings. The van der Waals surface area contributed by atoms with Crippen LogP contribution in [-0.4, -0.2) is 73.0 Å². The number of hydrogen-bond donors (Lipinski definition) is 2. The molecular weight excluding hydrogens is 326 g/mol. The molecule has 6 heteroatoms. The second-order valence-electron chi connectivity index (χ2n) is 7.58. The highest BCUT2D eigenvalue weighted by Gasteiger charge is 2.26. The molecule has 2 unspecified atom stereocenters. The molecule has 2 fully saturated rings. The Balaban J connectivity index is 1.88. The molecule has 2 atom stereocenters. The molecule has 0 saturated carbocycles. The first kappa shape index (κ1) is 21.0. The lowest BCUT2D eigenvalue weighted by atomic mass is 10.0. The van der Waals surface area contributed by atoms with Gasteiger partial charge in [0.25, 0.3) is 0 Å². The highest BCUT2D eigenvalue weighted by Crippen LogP contribution is 2.18. The average Bonchev–Trinajstić information content (AvgIpc) is 3.13. The van der Waals surface area contributed by atoms with Gasteiger partial charge in [-0.25, -0.2) is 0 Å². The molecule has 2 heterocycles. The normalized spacial score (nSPS) is 24.7. The summed E-state index contributed by atoms with van der Waals surface area (Å²) >= 11 is 0. The van der Waals surface area contributed by atoms with Gasteiger partial charge in [0.1, 0.15) is 0 Å². The van der Waals surface area contributed by atoms with Crippen LogP contribution in [0.1, 0.15) is 65.7 Å². The molecule has 1 amide bonds. The van der Waals surface area contributed by atoms with E-state index in [-0.39, 0.29) is 5.91 Å². The summed E-state index contributed by atoms with van der Waals surface area (Å²) in [6.07, 6.45) is 8.04. The summed E-state index contributed by atoms with van der Waals surface area (Å²) in [4.78, 5) is 21.4. The SMILES string of the molecule is CCCCN1CCCCC1CN=C(NCC)NC1CCN(C(=O)CC)C1. The Labute approximate surface area is 159 Å². The molecule has 2 aliphatic heterocycles. The van der Waals surface area contributed by atoms with Crippen molar-refractivity contribution >= 4 is 11.9 Å². The smallest absolute Gasteiger partial charge is 0.222 e. The van der Waals surface area contributed by atoms with Crippen molar-refractivity contribution in [2.45, 2.75) is 77.8 Å². The monoisotopic (exact) mass is 365 g/mol. The number of hydrogen-bond acceptors (Lipinski definition) is 3. The molecule has 26 heavy (non-hydrogen) atoms. The number of nitrogens with zero attached hydrogens (tertiary/aromatic N) is 3. The topological polar surface area (TPSA) is 60.0 Å². The van der Waals surface area contributed by atoms with Gasteiger partial charge in [0, 0.05) is 38.1 Å². The lowest BCUT2D eigenvalue weighted by Crippen LogP contribution is -2.46. The number of piperidine rings is 1. The molecule has 0 bridgehead atoms. The Morgan fingerprint density at radius 2 is 2.00 bits per heavy atom. The van der Waals surface area contributed by atoms with Crippen molar-refractivity contribution < 1.29 is 4.79 Å². The first-order chi connectivity index (χ1) is 12.7. The van der Waals surface area contributed by atoms with E-state index in [1.54, 1.807) is 0 Å². The predicted molar refractivity (Wildman–Crippen MR) is 109 cm³/mol. The highest BCUT2D eigenvalue weighted by molar-refractivity contribution is 5.80. The predicted octanol–water partition coefficient (Wildman–Crippen LogP) is 2.21. The van der Waals surface area contributed by atoms with Crippen molar-refractivity contribution in [1.82, 2.24) is 20.4 Å². The van der Waals surface area contributed by atoms with Crippen LogP contribution in [0, 0.1) is 0 Å². The molecule has 0 aromatic heterocycles. The number of amides is 1. The second-order valence-corrected chi connectivity index (χ2v) is 7.58. The van der Waals surface area contributed by atoms with Gasteiger partial charge in [-0.05, 0) is 45.7 Å². The van der Waals surface area contributed by atoms with E-state index < -0.39 is 0 Å². The van der Waals surface area contributed by atoms with Crippen LogP contribution >= 0.6 is 0 Å². The number of aliphatic imine (C=N–C) groups is 1. The largest absolute Gasteiger partial charge is 0.357 e. The van der Waals surface area contributed by atoms with Gasteiger partial charge >= 0.3 is 0 Å². The van der Waals surface area contributed by atoms with E-state index in [4.69, 9.17) is 4.99 Å². The molecule has 0 aliphatic carbocycles. The molecule has 2 aliphatic rings. The minimum absolute atomic E-state index is 0.255. The van der Waals surface area contributed by atoms with E-state index in [1.807, 2.05) is 11.8 Å². The Morgan fingerprint density at radius 3 is 2.73 bits per heavy atom. The Bertz CT molecular complexity index is 453. The van der Waals surface area contributed by atoms with Crippen LogP contribution in [0.4, 0.5) is 0 Å². The summed E-state index contributed by atoms with van der Waals surface area (Å²) < 4.78 is 0. The van der Waals surface area contributed by atoms with Gasteiger partial charge in [-0.2, -0.15) is 0 Å². The average molecular weight is 366 g/mol. The van der Waals surface area contributed by atoms with Crippen LogP contribution in [0.25, 0.3) is 0 Å². The fourth-order valence-corrected chi connectivity index (χ4v) is 3.96.